The van der Waals surface area contributed by atoms with Crippen molar-refractivity contribution in [1.82, 2.24) is 0 Å². The van der Waals surface area contributed by atoms with E-state index in [1.165, 1.54) is 36.4 Å². The Morgan fingerprint density at radius 1 is 1.26 bits per heavy atom. The van der Waals surface area contributed by atoms with Crippen molar-refractivity contribution >= 4 is 23.4 Å². The van der Waals surface area contributed by atoms with Crippen LogP contribution in [0, 0.1) is 21.4 Å². The molecule has 0 heterocycles. The number of anilines is 1. The SMILES string of the molecule is N#C/C(=C/c1ccccc1O)C(=O)Nc1cccc([N+](=O)[O-])c1. The van der Waals surface area contributed by atoms with Crippen molar-refractivity contribution in [3.8, 4) is 11.8 Å². The Kier molecular flexibility index (Phi) is 4.69. The van der Waals surface area contributed by atoms with Crippen molar-refractivity contribution in [2.45, 2.75) is 0 Å². The number of nitrogens with zero attached hydrogens (tertiary/aromatic N) is 2. The number of carbonyl (C=O) groups is 1. The number of non-ortho nitro benzene ring substituents is 1. The fourth-order valence-corrected chi connectivity index (χ4v) is 1.81. The van der Waals surface area contributed by atoms with Crippen LogP contribution < -0.4 is 5.32 Å². The maximum atomic E-state index is 12.1. The number of phenolic OH excluding ortho intramolecular Hbond substituents is 1. The molecule has 0 aliphatic carbocycles. The molecule has 0 aliphatic heterocycles. The second-order valence-corrected chi connectivity index (χ2v) is 4.49. The number of nitro groups is 1. The van der Waals surface area contributed by atoms with Crippen LogP contribution in [0.3, 0.4) is 0 Å². The van der Waals surface area contributed by atoms with Gasteiger partial charge >= 0.3 is 0 Å². The van der Waals surface area contributed by atoms with Gasteiger partial charge in [-0.15, -0.1) is 0 Å². The van der Waals surface area contributed by atoms with Gasteiger partial charge in [0.1, 0.15) is 17.4 Å². The maximum Gasteiger partial charge on any atom is 0.271 e. The molecule has 0 spiro atoms. The predicted octanol–water partition coefficient (Wildman–Crippen LogP) is 2.85. The molecule has 0 fully saturated rings. The van der Waals surface area contributed by atoms with Gasteiger partial charge in [0.2, 0.25) is 0 Å². The number of hydrogen-bond acceptors (Lipinski definition) is 5. The number of nitro benzene ring substituents is 1. The van der Waals surface area contributed by atoms with Crippen molar-refractivity contribution in [2.75, 3.05) is 5.32 Å². The molecule has 2 aromatic carbocycles. The highest BCUT2D eigenvalue weighted by molar-refractivity contribution is 6.09. The number of phenols is 1. The Hall–Kier alpha value is -3.66. The molecule has 2 rings (SSSR count). The van der Waals surface area contributed by atoms with Gasteiger partial charge in [-0.05, 0) is 18.2 Å². The zero-order valence-corrected chi connectivity index (χ0v) is 11.8. The molecule has 0 radical (unpaired) electrons. The average molecular weight is 309 g/mol. The van der Waals surface area contributed by atoms with E-state index in [4.69, 9.17) is 5.26 Å². The lowest BCUT2D eigenvalue weighted by molar-refractivity contribution is -0.384. The zero-order chi connectivity index (χ0) is 16.8. The number of nitrogens with one attached hydrogen (secondary N) is 1. The molecule has 0 aromatic heterocycles. The molecule has 23 heavy (non-hydrogen) atoms. The van der Waals surface area contributed by atoms with Gasteiger partial charge in [-0.2, -0.15) is 5.26 Å². The summed E-state index contributed by atoms with van der Waals surface area (Å²) in [5, 5.41) is 31.9. The fourth-order valence-electron chi connectivity index (χ4n) is 1.81. The predicted molar refractivity (Wildman–Crippen MR) is 83.4 cm³/mol. The number of amides is 1. The van der Waals surface area contributed by atoms with Crippen LogP contribution in [0.4, 0.5) is 11.4 Å². The molecule has 7 nitrogen and oxygen atoms in total. The number of para-hydroxylation sites is 1. The molecule has 0 unspecified atom stereocenters. The third kappa shape index (κ3) is 3.92. The number of benzene rings is 2. The summed E-state index contributed by atoms with van der Waals surface area (Å²) in [5.41, 5.74) is 0.102. The lowest BCUT2D eigenvalue weighted by Gasteiger charge is -2.04. The summed E-state index contributed by atoms with van der Waals surface area (Å²) in [5.74, 6) is -0.792. The molecule has 0 saturated carbocycles. The van der Waals surface area contributed by atoms with Crippen molar-refractivity contribution in [2.24, 2.45) is 0 Å². The molecule has 2 aromatic rings. The minimum atomic E-state index is -0.726. The molecule has 114 valence electrons. The van der Waals surface area contributed by atoms with Gasteiger partial charge in [0.15, 0.2) is 0 Å². The largest absolute Gasteiger partial charge is 0.507 e. The van der Waals surface area contributed by atoms with Gasteiger partial charge in [-0.25, -0.2) is 0 Å². The lowest BCUT2D eigenvalue weighted by Crippen LogP contribution is -2.13. The molecule has 2 N–H and O–H groups in total. The van der Waals surface area contributed by atoms with E-state index in [9.17, 15) is 20.0 Å². The Labute approximate surface area is 131 Å². The Morgan fingerprint density at radius 3 is 2.65 bits per heavy atom. The van der Waals surface area contributed by atoms with Crippen LogP contribution in [0.15, 0.2) is 54.1 Å². The first-order chi connectivity index (χ1) is 11.0. The summed E-state index contributed by atoms with van der Waals surface area (Å²) < 4.78 is 0. The summed E-state index contributed by atoms with van der Waals surface area (Å²) in [6, 6.07) is 13.4. The summed E-state index contributed by atoms with van der Waals surface area (Å²) in [6.45, 7) is 0. The lowest BCUT2D eigenvalue weighted by atomic mass is 10.1. The van der Waals surface area contributed by atoms with Crippen molar-refractivity contribution in [1.29, 1.82) is 5.26 Å². The van der Waals surface area contributed by atoms with E-state index in [2.05, 4.69) is 5.32 Å². The Balaban J connectivity index is 2.25. The summed E-state index contributed by atoms with van der Waals surface area (Å²) in [4.78, 5) is 22.2. The van der Waals surface area contributed by atoms with Crippen LogP contribution in [0.25, 0.3) is 6.08 Å². The maximum absolute atomic E-state index is 12.1. The molecule has 0 aliphatic rings. The number of rotatable bonds is 4. The molecular weight excluding hydrogens is 298 g/mol. The fraction of sp³-hybridized carbons (Fsp3) is 0. The Bertz CT molecular complexity index is 837. The minimum Gasteiger partial charge on any atom is -0.507 e. The second-order valence-electron chi connectivity index (χ2n) is 4.49. The van der Waals surface area contributed by atoms with Gasteiger partial charge in [-0.1, -0.05) is 24.3 Å². The van der Waals surface area contributed by atoms with E-state index in [0.29, 0.717) is 5.56 Å². The quantitative estimate of drug-likeness (QED) is 0.390. The van der Waals surface area contributed by atoms with Crippen molar-refractivity contribution in [3.05, 3.63) is 69.8 Å². The van der Waals surface area contributed by atoms with Crippen LogP contribution >= 0.6 is 0 Å². The van der Waals surface area contributed by atoms with Gasteiger partial charge < -0.3 is 10.4 Å². The summed E-state index contributed by atoms with van der Waals surface area (Å²) >= 11 is 0. The van der Waals surface area contributed by atoms with Crippen molar-refractivity contribution in [3.63, 3.8) is 0 Å². The van der Waals surface area contributed by atoms with Gasteiger partial charge in [0.05, 0.1) is 4.92 Å². The molecule has 0 atom stereocenters. The molecule has 0 bridgehead atoms. The van der Waals surface area contributed by atoms with E-state index in [-0.39, 0.29) is 22.7 Å². The van der Waals surface area contributed by atoms with Gasteiger partial charge in [-0.3, -0.25) is 14.9 Å². The van der Waals surface area contributed by atoms with E-state index in [1.807, 2.05) is 0 Å². The second kappa shape index (κ2) is 6.87. The first-order valence-electron chi connectivity index (χ1n) is 6.47. The number of nitriles is 1. The van der Waals surface area contributed by atoms with E-state index < -0.39 is 10.8 Å². The van der Waals surface area contributed by atoms with Crippen LogP contribution in [0.1, 0.15) is 5.56 Å². The Morgan fingerprint density at radius 2 is 2.00 bits per heavy atom. The molecule has 7 heteroatoms. The number of aromatic hydroxyl groups is 1. The number of carbonyl (C=O) groups excluding carboxylic acids is 1. The summed E-state index contributed by atoms with van der Waals surface area (Å²) in [7, 11) is 0. The van der Waals surface area contributed by atoms with E-state index in [0.717, 1.165) is 0 Å². The van der Waals surface area contributed by atoms with E-state index in [1.54, 1.807) is 24.3 Å². The first kappa shape index (κ1) is 15.7. The number of hydrogen-bond donors (Lipinski definition) is 2. The zero-order valence-electron chi connectivity index (χ0n) is 11.8. The topological polar surface area (TPSA) is 116 Å². The highest BCUT2D eigenvalue weighted by atomic mass is 16.6. The first-order valence-corrected chi connectivity index (χ1v) is 6.47. The minimum absolute atomic E-state index is 0.0663. The van der Waals surface area contributed by atoms with Crippen molar-refractivity contribution < 1.29 is 14.8 Å². The monoisotopic (exact) mass is 309 g/mol. The third-order valence-electron chi connectivity index (χ3n) is 2.92. The third-order valence-corrected chi connectivity index (χ3v) is 2.92. The molecule has 1 amide bonds. The highest BCUT2D eigenvalue weighted by Crippen LogP contribution is 2.21. The van der Waals surface area contributed by atoms with Crippen LogP contribution in [0.2, 0.25) is 0 Å². The van der Waals surface area contributed by atoms with Crippen LogP contribution in [-0.2, 0) is 4.79 Å². The standard InChI is InChI=1S/C16H11N3O4/c17-10-12(8-11-4-1-2-7-15(11)20)16(21)18-13-5-3-6-14(9-13)19(22)23/h1-9,20H,(H,18,21)/b12-8-. The smallest absolute Gasteiger partial charge is 0.271 e. The average Bonchev–Trinajstić information content (AvgIpc) is 2.54. The molecular formula is C16H11N3O4. The highest BCUT2D eigenvalue weighted by Gasteiger charge is 2.12. The molecule has 0 saturated heterocycles. The van der Waals surface area contributed by atoms with Gasteiger partial charge in [0.25, 0.3) is 11.6 Å². The van der Waals surface area contributed by atoms with E-state index >= 15 is 0 Å². The summed E-state index contributed by atoms with van der Waals surface area (Å²) in [6.07, 6.45) is 1.24. The normalized spacial score (nSPS) is 10.7. The van der Waals surface area contributed by atoms with Gasteiger partial charge in [0, 0.05) is 23.4 Å². The van der Waals surface area contributed by atoms with Crippen LogP contribution in [-0.4, -0.2) is 15.9 Å². The van der Waals surface area contributed by atoms with Crippen LogP contribution in [0.5, 0.6) is 5.75 Å².